The van der Waals surface area contributed by atoms with Gasteiger partial charge in [0.15, 0.2) is 11.2 Å². The first kappa shape index (κ1) is 20.1. The Kier molecular flexibility index (Phi) is 5.23. The Morgan fingerprint density at radius 3 is 2.78 bits per heavy atom. The number of aliphatic hydroxyl groups is 1. The van der Waals surface area contributed by atoms with Crippen LogP contribution in [0, 0.1) is 0 Å². The number of primary amides is 1. The van der Waals surface area contributed by atoms with Crippen LogP contribution in [-0.2, 0) is 11.3 Å². The monoisotopic (exact) mass is 433 g/mol. The molecule has 1 aromatic carbocycles. The largest absolute Gasteiger partial charge is 0.393 e. The number of anilines is 1. The Labute approximate surface area is 183 Å². The number of aromatic nitrogens is 7. The first-order valence-electron chi connectivity index (χ1n) is 10.5. The minimum atomic E-state index is -0.352. The highest BCUT2D eigenvalue weighted by molar-refractivity contribution is 5.74. The molecule has 1 aliphatic rings. The van der Waals surface area contributed by atoms with Gasteiger partial charge in [-0.3, -0.25) is 9.48 Å². The summed E-state index contributed by atoms with van der Waals surface area (Å²) >= 11 is 0. The van der Waals surface area contributed by atoms with E-state index in [2.05, 4.69) is 30.7 Å². The zero-order valence-corrected chi connectivity index (χ0v) is 17.3. The number of carbonyl (C=O) groups excluding carboxylic acids is 1. The molecule has 0 aliphatic heterocycles. The molecule has 0 unspecified atom stereocenters. The van der Waals surface area contributed by atoms with Gasteiger partial charge in [0, 0.05) is 30.8 Å². The Balaban J connectivity index is 1.36. The van der Waals surface area contributed by atoms with Crippen molar-refractivity contribution in [1.29, 1.82) is 0 Å². The smallest absolute Gasteiger partial charge is 0.225 e. The predicted molar refractivity (Wildman–Crippen MR) is 117 cm³/mol. The van der Waals surface area contributed by atoms with Gasteiger partial charge in [0.05, 0.1) is 24.2 Å². The van der Waals surface area contributed by atoms with E-state index in [9.17, 15) is 9.90 Å². The van der Waals surface area contributed by atoms with Gasteiger partial charge in [0.25, 0.3) is 0 Å². The zero-order valence-electron chi connectivity index (χ0n) is 17.3. The molecule has 4 aromatic rings. The van der Waals surface area contributed by atoms with Gasteiger partial charge in [0.1, 0.15) is 0 Å². The van der Waals surface area contributed by atoms with E-state index in [0.717, 1.165) is 29.7 Å². The number of nitrogens with zero attached hydrogens (tertiary/aromatic N) is 7. The van der Waals surface area contributed by atoms with E-state index >= 15 is 0 Å². The third-order valence-corrected chi connectivity index (χ3v) is 5.60. The number of carbonyl (C=O) groups is 1. The van der Waals surface area contributed by atoms with Crippen LogP contribution >= 0.6 is 0 Å². The van der Waals surface area contributed by atoms with Gasteiger partial charge in [-0.15, -0.1) is 5.10 Å². The number of aliphatic hydroxyl groups excluding tert-OH is 1. The lowest BCUT2D eigenvalue weighted by molar-refractivity contribution is -0.118. The summed E-state index contributed by atoms with van der Waals surface area (Å²) in [4.78, 5) is 19.9. The number of fused-ring (bicyclic) bond motifs is 1. The number of amides is 1. The molecule has 3 heterocycles. The third kappa shape index (κ3) is 4.14. The van der Waals surface area contributed by atoms with E-state index in [-0.39, 0.29) is 24.5 Å². The van der Waals surface area contributed by atoms with E-state index in [4.69, 9.17) is 5.73 Å². The molecule has 11 nitrogen and oxygen atoms in total. The second kappa shape index (κ2) is 8.35. The molecule has 11 heteroatoms. The Morgan fingerprint density at radius 2 is 2.03 bits per heavy atom. The molecular weight excluding hydrogens is 410 g/mol. The number of nitrogens with two attached hydrogens (primary N) is 1. The molecule has 0 bridgehead atoms. The van der Waals surface area contributed by atoms with Crippen LogP contribution in [0.4, 0.5) is 5.95 Å². The summed E-state index contributed by atoms with van der Waals surface area (Å²) in [5.41, 5.74) is 9.15. The van der Waals surface area contributed by atoms with Gasteiger partial charge in [-0.1, -0.05) is 17.3 Å². The molecule has 1 amide bonds. The minimum absolute atomic E-state index is 0.162. The summed E-state index contributed by atoms with van der Waals surface area (Å²) in [6, 6.07) is 7.98. The fourth-order valence-electron chi connectivity index (χ4n) is 3.90. The van der Waals surface area contributed by atoms with Crippen molar-refractivity contribution in [2.75, 3.05) is 5.32 Å². The second-order valence-corrected chi connectivity index (χ2v) is 7.97. The van der Waals surface area contributed by atoms with E-state index < -0.39 is 0 Å². The Hall–Kier alpha value is -3.86. The highest BCUT2D eigenvalue weighted by atomic mass is 16.3. The summed E-state index contributed by atoms with van der Waals surface area (Å²) in [7, 11) is 0. The van der Waals surface area contributed by atoms with Crippen LogP contribution in [-0.4, -0.2) is 57.9 Å². The van der Waals surface area contributed by atoms with Gasteiger partial charge >= 0.3 is 0 Å². The quantitative estimate of drug-likeness (QED) is 0.394. The lowest BCUT2D eigenvalue weighted by Crippen LogP contribution is -2.18. The summed E-state index contributed by atoms with van der Waals surface area (Å²) in [5, 5.41) is 25.7. The third-order valence-electron chi connectivity index (χ3n) is 5.60. The summed E-state index contributed by atoms with van der Waals surface area (Å²) in [5.74, 6) is 0.148. The number of nitrogens with one attached hydrogen (secondary N) is 1. The average Bonchev–Trinajstić information content (AvgIpc) is 3.52. The maximum atomic E-state index is 11.0. The molecule has 0 saturated heterocycles. The molecular formula is C21H23N9O2. The number of rotatable bonds is 7. The fourth-order valence-corrected chi connectivity index (χ4v) is 3.90. The van der Waals surface area contributed by atoms with E-state index in [1.807, 2.05) is 30.5 Å². The summed E-state index contributed by atoms with van der Waals surface area (Å²) in [6.07, 6.45) is 7.64. The lowest BCUT2D eigenvalue weighted by Gasteiger charge is -2.11. The number of hydrogen-bond donors (Lipinski definition) is 3. The Bertz CT molecular complexity index is 1250. The molecule has 0 radical (unpaired) electrons. The molecule has 164 valence electrons. The van der Waals surface area contributed by atoms with Crippen LogP contribution in [0.25, 0.3) is 28.0 Å². The van der Waals surface area contributed by atoms with Crippen molar-refractivity contribution in [3.63, 3.8) is 0 Å². The maximum absolute atomic E-state index is 11.0. The minimum Gasteiger partial charge on any atom is -0.393 e. The van der Waals surface area contributed by atoms with Crippen LogP contribution in [0.2, 0.25) is 0 Å². The molecule has 2 atom stereocenters. The van der Waals surface area contributed by atoms with E-state index in [0.29, 0.717) is 30.1 Å². The van der Waals surface area contributed by atoms with Gasteiger partial charge in [-0.05, 0) is 37.0 Å². The molecule has 1 saturated carbocycles. The predicted octanol–water partition coefficient (Wildman–Crippen LogP) is 1.27. The molecule has 5 rings (SSSR count). The van der Waals surface area contributed by atoms with Crippen molar-refractivity contribution in [1.82, 2.24) is 34.7 Å². The standard InChI is InChI=1S/C21H23N9O2/c22-19(32)7-8-29-12-14(10-24-29)13-1-4-16(5-2-13)30-20-18(27-28-30)11-23-21(26-20)25-15-3-6-17(31)9-15/h1-2,4-5,10-12,15,17,31H,3,6-9H2,(H2,22,32)(H,23,25,26)/t15-,17-/m0/s1. The molecule has 32 heavy (non-hydrogen) atoms. The molecule has 0 spiro atoms. The van der Waals surface area contributed by atoms with Crippen molar-refractivity contribution < 1.29 is 9.90 Å². The molecule has 3 aromatic heterocycles. The van der Waals surface area contributed by atoms with Crippen molar-refractivity contribution >= 4 is 23.0 Å². The summed E-state index contributed by atoms with van der Waals surface area (Å²) in [6.45, 7) is 0.453. The highest BCUT2D eigenvalue weighted by Gasteiger charge is 2.23. The van der Waals surface area contributed by atoms with Gasteiger partial charge in [-0.2, -0.15) is 14.8 Å². The average molecular weight is 433 g/mol. The van der Waals surface area contributed by atoms with Crippen molar-refractivity contribution in [3.05, 3.63) is 42.9 Å². The molecule has 4 N–H and O–H groups in total. The van der Waals surface area contributed by atoms with Gasteiger partial charge in [-0.25, -0.2) is 4.98 Å². The fraction of sp³-hybridized carbons (Fsp3) is 0.333. The van der Waals surface area contributed by atoms with Crippen LogP contribution < -0.4 is 11.1 Å². The SMILES string of the molecule is NC(=O)CCn1cc(-c2ccc(-n3nnc4cnc(N[C@H]5CC[C@H](O)C5)nc43)cc2)cn1. The number of benzene rings is 1. The lowest BCUT2D eigenvalue weighted by atomic mass is 10.1. The number of aryl methyl sites for hydroxylation is 1. The van der Waals surface area contributed by atoms with Crippen LogP contribution in [0.5, 0.6) is 0 Å². The first-order valence-corrected chi connectivity index (χ1v) is 10.5. The first-order chi connectivity index (χ1) is 15.5. The van der Waals surface area contributed by atoms with Crippen molar-refractivity contribution in [2.24, 2.45) is 5.73 Å². The van der Waals surface area contributed by atoms with Crippen LogP contribution in [0.3, 0.4) is 0 Å². The topological polar surface area (TPSA) is 150 Å². The normalized spacial score (nSPS) is 18.3. The van der Waals surface area contributed by atoms with E-state index in [1.165, 1.54) is 0 Å². The second-order valence-electron chi connectivity index (χ2n) is 7.97. The Morgan fingerprint density at radius 1 is 1.19 bits per heavy atom. The van der Waals surface area contributed by atoms with Crippen molar-refractivity contribution in [3.8, 4) is 16.8 Å². The van der Waals surface area contributed by atoms with Gasteiger partial charge in [0.2, 0.25) is 11.9 Å². The maximum Gasteiger partial charge on any atom is 0.225 e. The van der Waals surface area contributed by atoms with E-state index in [1.54, 1.807) is 21.8 Å². The van der Waals surface area contributed by atoms with Crippen LogP contribution in [0.15, 0.2) is 42.9 Å². The van der Waals surface area contributed by atoms with Gasteiger partial charge < -0.3 is 16.2 Å². The molecule has 1 aliphatic carbocycles. The number of hydrogen-bond acceptors (Lipinski definition) is 8. The summed E-state index contributed by atoms with van der Waals surface area (Å²) < 4.78 is 3.37. The molecule has 1 fully saturated rings. The van der Waals surface area contributed by atoms with Crippen molar-refractivity contribution in [2.45, 2.75) is 44.4 Å². The highest BCUT2D eigenvalue weighted by Crippen LogP contribution is 2.24. The zero-order chi connectivity index (χ0) is 22.1. The van der Waals surface area contributed by atoms with Crippen LogP contribution in [0.1, 0.15) is 25.7 Å².